The number of hydrogen-bond acceptors (Lipinski definition) is 5. The summed E-state index contributed by atoms with van der Waals surface area (Å²) >= 11 is 0. The lowest BCUT2D eigenvalue weighted by atomic mass is 10.1. The third-order valence-corrected chi connectivity index (χ3v) is 1.39. The Morgan fingerprint density at radius 2 is 2.09 bits per heavy atom. The van der Waals surface area contributed by atoms with Gasteiger partial charge in [-0.15, -0.1) is 0 Å². The van der Waals surface area contributed by atoms with Gasteiger partial charge in [0.05, 0.1) is 6.04 Å². The van der Waals surface area contributed by atoms with Crippen molar-refractivity contribution in [1.82, 2.24) is 5.23 Å². The van der Waals surface area contributed by atoms with Gasteiger partial charge in [0, 0.05) is 4.92 Å². The zero-order valence-electron chi connectivity index (χ0n) is 6.43. The molecule has 11 heavy (non-hydrogen) atoms. The first-order valence-corrected chi connectivity index (χ1v) is 3.22. The summed E-state index contributed by atoms with van der Waals surface area (Å²) in [5.41, 5.74) is 0. The summed E-state index contributed by atoms with van der Waals surface area (Å²) in [5.74, 6) is -0.233. The van der Waals surface area contributed by atoms with Crippen LogP contribution in [0.15, 0.2) is 0 Å². The first kappa shape index (κ1) is 10.3. The van der Waals surface area contributed by atoms with E-state index in [2.05, 4.69) is 0 Å². The van der Waals surface area contributed by atoms with Gasteiger partial charge in [-0.3, -0.25) is 15.3 Å². The summed E-state index contributed by atoms with van der Waals surface area (Å²) < 4.78 is 0. The maximum atomic E-state index is 10.3. The minimum atomic E-state index is -0.954. The van der Waals surface area contributed by atoms with Gasteiger partial charge in [0.25, 0.3) is 0 Å². The van der Waals surface area contributed by atoms with E-state index in [4.69, 9.17) is 5.21 Å². The molecule has 0 aliphatic heterocycles. The van der Waals surface area contributed by atoms with Crippen LogP contribution in [0, 0.1) is 21.2 Å². The van der Waals surface area contributed by atoms with E-state index in [1.165, 1.54) is 0 Å². The van der Waals surface area contributed by atoms with E-state index in [-0.39, 0.29) is 11.1 Å². The summed E-state index contributed by atoms with van der Waals surface area (Å²) in [4.78, 5) is 9.33. The highest BCUT2D eigenvalue weighted by atomic mass is 16.8. The fourth-order valence-electron chi connectivity index (χ4n) is 0.688. The molecule has 1 atom stereocenters. The fourth-order valence-corrected chi connectivity index (χ4v) is 0.688. The van der Waals surface area contributed by atoms with Gasteiger partial charge >= 0.3 is 0 Å². The summed E-state index contributed by atoms with van der Waals surface area (Å²) in [6.07, 6.45) is 0. The zero-order chi connectivity index (χ0) is 9.02. The van der Waals surface area contributed by atoms with Crippen molar-refractivity contribution < 1.29 is 10.1 Å². The van der Waals surface area contributed by atoms with Crippen LogP contribution in [-0.2, 0) is 0 Å². The van der Waals surface area contributed by atoms with Crippen molar-refractivity contribution in [3.05, 3.63) is 15.3 Å². The molecule has 0 aliphatic carbocycles. The Morgan fingerprint density at radius 1 is 1.64 bits per heavy atom. The zero-order valence-corrected chi connectivity index (χ0v) is 6.43. The Hall–Kier alpha value is -0.720. The second kappa shape index (κ2) is 4.22. The SMILES string of the molecule is CC(C)C(C[N+](=O)[O-])N([O-])O. The van der Waals surface area contributed by atoms with E-state index in [9.17, 15) is 15.3 Å². The van der Waals surface area contributed by atoms with Gasteiger partial charge in [-0.25, -0.2) is 0 Å². The molecule has 1 N–H and O–H groups in total. The van der Waals surface area contributed by atoms with Crippen molar-refractivity contribution in [2.24, 2.45) is 5.92 Å². The monoisotopic (exact) mass is 163 g/mol. The molecule has 0 fully saturated rings. The number of hydrogen-bond donors (Lipinski definition) is 1. The molecule has 0 spiro atoms. The maximum absolute atomic E-state index is 10.3. The topological polar surface area (TPSA) is 89.7 Å². The standard InChI is InChI=1S/C5H11N2O4/c1-4(2)5(7(10)11)3-6(8)9/h4-5,10H,3H2,1-2H3/q-1. The molecule has 0 rings (SSSR count). The van der Waals surface area contributed by atoms with Crippen LogP contribution in [0.1, 0.15) is 13.8 Å². The number of nitro groups is 1. The van der Waals surface area contributed by atoms with E-state index in [0.717, 1.165) is 0 Å². The van der Waals surface area contributed by atoms with Crippen molar-refractivity contribution in [1.29, 1.82) is 0 Å². The molecule has 0 aliphatic rings. The van der Waals surface area contributed by atoms with Crippen LogP contribution in [-0.4, -0.2) is 27.9 Å². The molecule has 0 radical (unpaired) electrons. The number of nitrogens with zero attached hydrogens (tertiary/aromatic N) is 2. The second-order valence-electron chi connectivity index (χ2n) is 2.63. The Morgan fingerprint density at radius 3 is 2.18 bits per heavy atom. The van der Waals surface area contributed by atoms with Gasteiger partial charge in [0.1, 0.15) is 0 Å². The Bertz CT molecular complexity index is 128. The van der Waals surface area contributed by atoms with Crippen LogP contribution in [0.4, 0.5) is 0 Å². The van der Waals surface area contributed by atoms with Gasteiger partial charge in [0.15, 0.2) is 0 Å². The van der Waals surface area contributed by atoms with Crippen LogP contribution in [0.3, 0.4) is 0 Å². The van der Waals surface area contributed by atoms with E-state index in [1.54, 1.807) is 13.8 Å². The predicted octanol–water partition coefficient (Wildman–Crippen LogP) is 0.477. The third-order valence-electron chi connectivity index (χ3n) is 1.39. The van der Waals surface area contributed by atoms with Crippen LogP contribution in [0.25, 0.3) is 0 Å². The highest BCUT2D eigenvalue weighted by Crippen LogP contribution is 2.07. The van der Waals surface area contributed by atoms with E-state index in [0.29, 0.717) is 0 Å². The Balaban J connectivity index is 4.00. The highest BCUT2D eigenvalue weighted by Gasteiger charge is 2.19. The summed E-state index contributed by atoms with van der Waals surface area (Å²) in [6, 6.07) is -0.954. The first-order chi connectivity index (χ1) is 4.95. The van der Waals surface area contributed by atoms with Crippen molar-refractivity contribution in [2.45, 2.75) is 19.9 Å². The van der Waals surface area contributed by atoms with Crippen LogP contribution >= 0.6 is 0 Å². The molecule has 0 saturated carbocycles. The lowest BCUT2D eigenvalue weighted by molar-refractivity contribution is -0.491. The quantitative estimate of drug-likeness (QED) is 0.480. The minimum Gasteiger partial charge on any atom is -0.762 e. The minimum absolute atomic E-state index is 0.233. The lowest BCUT2D eigenvalue weighted by Crippen LogP contribution is -2.38. The van der Waals surface area contributed by atoms with Gasteiger partial charge in [-0.05, 0) is 5.92 Å². The summed E-state index contributed by atoms with van der Waals surface area (Å²) in [7, 11) is 0. The van der Waals surface area contributed by atoms with Crippen LogP contribution in [0.5, 0.6) is 0 Å². The molecule has 0 aromatic heterocycles. The van der Waals surface area contributed by atoms with Crippen LogP contribution < -0.4 is 0 Å². The molecule has 6 nitrogen and oxygen atoms in total. The lowest BCUT2D eigenvalue weighted by Gasteiger charge is -2.30. The number of rotatable bonds is 4. The molecule has 0 amide bonds. The van der Waals surface area contributed by atoms with Gasteiger partial charge in [-0.2, -0.15) is 0 Å². The maximum Gasteiger partial charge on any atom is 0.220 e. The molecule has 0 bridgehead atoms. The van der Waals surface area contributed by atoms with Crippen molar-refractivity contribution >= 4 is 0 Å². The molecule has 0 saturated heterocycles. The average molecular weight is 163 g/mol. The molecular weight excluding hydrogens is 152 g/mol. The second-order valence-corrected chi connectivity index (χ2v) is 2.63. The van der Waals surface area contributed by atoms with Gasteiger partial charge in [-0.1, -0.05) is 13.8 Å². The number of hydroxylamine groups is 2. The molecule has 6 heteroatoms. The van der Waals surface area contributed by atoms with E-state index < -0.39 is 17.5 Å². The summed E-state index contributed by atoms with van der Waals surface area (Å²) in [5, 5.41) is 28.3. The molecule has 66 valence electrons. The third kappa shape index (κ3) is 3.87. The van der Waals surface area contributed by atoms with Gasteiger partial charge < -0.3 is 10.4 Å². The molecule has 0 heterocycles. The average Bonchev–Trinajstić information content (AvgIpc) is 1.81. The fraction of sp³-hybridized carbons (Fsp3) is 1.00. The molecule has 0 aromatic rings. The van der Waals surface area contributed by atoms with Crippen LogP contribution in [0.2, 0.25) is 0 Å². The van der Waals surface area contributed by atoms with Crippen molar-refractivity contribution in [2.75, 3.05) is 6.54 Å². The Kier molecular flexibility index (Phi) is 3.94. The van der Waals surface area contributed by atoms with Crippen molar-refractivity contribution in [3.8, 4) is 0 Å². The molecule has 0 aromatic carbocycles. The normalized spacial score (nSPS) is 14.0. The van der Waals surface area contributed by atoms with E-state index in [1.807, 2.05) is 0 Å². The highest BCUT2D eigenvalue weighted by molar-refractivity contribution is 4.67. The van der Waals surface area contributed by atoms with Crippen molar-refractivity contribution in [3.63, 3.8) is 0 Å². The summed E-state index contributed by atoms with van der Waals surface area (Å²) in [6.45, 7) is 2.74. The van der Waals surface area contributed by atoms with E-state index >= 15 is 0 Å². The smallest absolute Gasteiger partial charge is 0.220 e. The molecular formula is C5H11N2O4-. The predicted molar refractivity (Wildman–Crippen MR) is 37.5 cm³/mol. The Labute approximate surface area is 64.1 Å². The van der Waals surface area contributed by atoms with Gasteiger partial charge in [0.2, 0.25) is 6.54 Å². The molecule has 1 unspecified atom stereocenters. The largest absolute Gasteiger partial charge is 0.762 e. The first-order valence-electron chi connectivity index (χ1n) is 3.22.